The molecule has 78 valence electrons. The fraction of sp³-hybridized carbons (Fsp3) is 0.250. The van der Waals surface area contributed by atoms with Crippen molar-refractivity contribution in [2.75, 3.05) is 0 Å². The van der Waals surface area contributed by atoms with Gasteiger partial charge in [0.1, 0.15) is 0 Å². The van der Waals surface area contributed by atoms with Crippen LogP contribution in [0.25, 0.3) is 5.57 Å². The molecule has 1 aliphatic rings. The van der Waals surface area contributed by atoms with E-state index in [1.807, 2.05) is 18.3 Å². The second-order valence-electron chi connectivity index (χ2n) is 3.67. The van der Waals surface area contributed by atoms with Crippen molar-refractivity contribution in [3.8, 4) is 0 Å². The van der Waals surface area contributed by atoms with Crippen molar-refractivity contribution >= 4 is 11.5 Å². The van der Waals surface area contributed by atoms with Crippen LogP contribution in [-0.4, -0.2) is 5.91 Å². The average Bonchev–Trinajstić information content (AvgIpc) is 2.26. The SMILES string of the molecule is NC(=O)CCC1=CNCc2ccccc21. The number of allylic oxidation sites excluding steroid dienone is 1. The van der Waals surface area contributed by atoms with Crippen molar-refractivity contribution in [3.05, 3.63) is 41.6 Å². The summed E-state index contributed by atoms with van der Waals surface area (Å²) in [6.45, 7) is 0.857. The third-order valence-corrected chi connectivity index (χ3v) is 2.57. The van der Waals surface area contributed by atoms with Crippen LogP contribution in [0.4, 0.5) is 0 Å². The molecule has 0 radical (unpaired) electrons. The largest absolute Gasteiger partial charge is 0.387 e. The molecule has 1 amide bonds. The maximum absolute atomic E-state index is 10.7. The third-order valence-electron chi connectivity index (χ3n) is 2.57. The third kappa shape index (κ3) is 2.18. The quantitative estimate of drug-likeness (QED) is 0.778. The Morgan fingerprint density at radius 3 is 3.00 bits per heavy atom. The van der Waals surface area contributed by atoms with Gasteiger partial charge in [-0.15, -0.1) is 0 Å². The molecule has 0 aliphatic carbocycles. The van der Waals surface area contributed by atoms with E-state index in [1.165, 1.54) is 11.1 Å². The first-order valence-electron chi connectivity index (χ1n) is 5.06. The fourth-order valence-corrected chi connectivity index (χ4v) is 1.81. The maximum Gasteiger partial charge on any atom is 0.217 e. The number of fused-ring (bicyclic) bond motifs is 1. The Bertz CT molecular complexity index is 410. The summed E-state index contributed by atoms with van der Waals surface area (Å²) in [4.78, 5) is 10.7. The summed E-state index contributed by atoms with van der Waals surface area (Å²) in [6, 6.07) is 8.22. The number of carbonyl (C=O) groups excluding carboxylic acids is 1. The first-order valence-corrected chi connectivity index (χ1v) is 5.06. The lowest BCUT2D eigenvalue weighted by atomic mass is 9.95. The van der Waals surface area contributed by atoms with E-state index in [2.05, 4.69) is 17.4 Å². The zero-order valence-electron chi connectivity index (χ0n) is 8.49. The van der Waals surface area contributed by atoms with Crippen LogP contribution < -0.4 is 11.1 Å². The number of hydrogen-bond donors (Lipinski definition) is 2. The highest BCUT2D eigenvalue weighted by Gasteiger charge is 2.11. The van der Waals surface area contributed by atoms with Crippen molar-refractivity contribution in [3.63, 3.8) is 0 Å². The van der Waals surface area contributed by atoms with Gasteiger partial charge in [-0.1, -0.05) is 24.3 Å². The molecule has 0 atom stereocenters. The Labute approximate surface area is 89.0 Å². The Hall–Kier alpha value is -1.77. The predicted octanol–water partition coefficient (Wildman–Crippen LogP) is 1.40. The molecule has 1 aromatic rings. The summed E-state index contributed by atoms with van der Waals surface area (Å²) in [5.74, 6) is -0.251. The molecule has 1 heterocycles. The van der Waals surface area contributed by atoms with Gasteiger partial charge in [0.15, 0.2) is 0 Å². The fourth-order valence-electron chi connectivity index (χ4n) is 1.81. The van der Waals surface area contributed by atoms with Crippen molar-refractivity contribution in [1.82, 2.24) is 5.32 Å². The lowest BCUT2D eigenvalue weighted by molar-refractivity contribution is -0.117. The van der Waals surface area contributed by atoms with Crippen molar-refractivity contribution < 1.29 is 4.79 Å². The van der Waals surface area contributed by atoms with Crippen LogP contribution in [0.2, 0.25) is 0 Å². The van der Waals surface area contributed by atoms with E-state index < -0.39 is 0 Å². The van der Waals surface area contributed by atoms with Gasteiger partial charge < -0.3 is 11.1 Å². The number of hydrogen-bond acceptors (Lipinski definition) is 2. The molecule has 0 saturated heterocycles. The molecule has 0 spiro atoms. The van der Waals surface area contributed by atoms with Crippen molar-refractivity contribution in [2.24, 2.45) is 5.73 Å². The molecule has 1 aliphatic heterocycles. The lowest BCUT2D eigenvalue weighted by Gasteiger charge is -2.18. The summed E-state index contributed by atoms with van der Waals surface area (Å²) >= 11 is 0. The van der Waals surface area contributed by atoms with Gasteiger partial charge in [-0.2, -0.15) is 0 Å². The second-order valence-corrected chi connectivity index (χ2v) is 3.67. The van der Waals surface area contributed by atoms with Gasteiger partial charge in [0, 0.05) is 19.2 Å². The highest BCUT2D eigenvalue weighted by Crippen LogP contribution is 2.25. The number of amides is 1. The Morgan fingerprint density at radius 1 is 1.40 bits per heavy atom. The van der Waals surface area contributed by atoms with E-state index in [9.17, 15) is 4.79 Å². The lowest BCUT2D eigenvalue weighted by Crippen LogP contribution is -2.15. The normalized spacial score (nSPS) is 13.7. The van der Waals surface area contributed by atoms with Crippen molar-refractivity contribution in [2.45, 2.75) is 19.4 Å². The number of nitrogens with two attached hydrogens (primary N) is 1. The minimum atomic E-state index is -0.251. The predicted molar refractivity (Wildman–Crippen MR) is 59.7 cm³/mol. The van der Waals surface area contributed by atoms with Crippen LogP contribution in [0.5, 0.6) is 0 Å². The first-order chi connectivity index (χ1) is 7.27. The molecule has 1 aromatic carbocycles. The van der Waals surface area contributed by atoms with E-state index in [-0.39, 0.29) is 5.91 Å². The Morgan fingerprint density at radius 2 is 2.20 bits per heavy atom. The van der Waals surface area contributed by atoms with Gasteiger partial charge in [0.25, 0.3) is 0 Å². The molecule has 0 unspecified atom stereocenters. The smallest absolute Gasteiger partial charge is 0.217 e. The van der Waals surface area contributed by atoms with E-state index in [0.717, 1.165) is 12.1 Å². The standard InChI is InChI=1S/C12H14N2O/c13-12(15)6-5-10-8-14-7-9-3-1-2-4-11(9)10/h1-4,8,14H,5-7H2,(H2,13,15). The second kappa shape index (κ2) is 4.17. The van der Waals surface area contributed by atoms with Gasteiger partial charge in [0.2, 0.25) is 5.91 Å². The van der Waals surface area contributed by atoms with E-state index >= 15 is 0 Å². The minimum absolute atomic E-state index is 0.251. The summed E-state index contributed by atoms with van der Waals surface area (Å²) in [6.07, 6.45) is 3.09. The molecule has 2 rings (SSSR count). The molecule has 0 saturated carbocycles. The van der Waals surface area contributed by atoms with Crippen LogP contribution in [0.3, 0.4) is 0 Å². The van der Waals surface area contributed by atoms with Gasteiger partial charge in [-0.05, 0) is 23.1 Å². The van der Waals surface area contributed by atoms with Crippen LogP contribution in [0.1, 0.15) is 24.0 Å². The number of primary amides is 1. The van der Waals surface area contributed by atoms with Gasteiger partial charge in [-0.25, -0.2) is 0 Å². The molecule has 0 fully saturated rings. The molecule has 0 aromatic heterocycles. The number of carbonyl (C=O) groups is 1. The van der Waals surface area contributed by atoms with E-state index in [1.54, 1.807) is 0 Å². The highest BCUT2D eigenvalue weighted by atomic mass is 16.1. The molecule has 3 heteroatoms. The highest BCUT2D eigenvalue weighted by molar-refractivity contribution is 5.78. The molecule has 3 nitrogen and oxygen atoms in total. The summed E-state index contributed by atoms with van der Waals surface area (Å²) in [5, 5.41) is 3.20. The van der Waals surface area contributed by atoms with Crippen LogP contribution in [-0.2, 0) is 11.3 Å². The maximum atomic E-state index is 10.7. The first kappa shape index (κ1) is 9.77. The number of nitrogens with one attached hydrogen (secondary N) is 1. The van der Waals surface area contributed by atoms with Crippen LogP contribution in [0, 0.1) is 0 Å². The van der Waals surface area contributed by atoms with E-state index in [4.69, 9.17) is 5.73 Å². The molecule has 0 bridgehead atoms. The van der Waals surface area contributed by atoms with Crippen molar-refractivity contribution in [1.29, 1.82) is 0 Å². The monoisotopic (exact) mass is 202 g/mol. The van der Waals surface area contributed by atoms with Gasteiger partial charge in [0.05, 0.1) is 0 Å². The zero-order chi connectivity index (χ0) is 10.7. The van der Waals surface area contributed by atoms with Gasteiger partial charge in [-0.3, -0.25) is 4.79 Å². The molecule has 15 heavy (non-hydrogen) atoms. The minimum Gasteiger partial charge on any atom is -0.387 e. The number of benzene rings is 1. The number of rotatable bonds is 3. The average molecular weight is 202 g/mol. The molecular formula is C12H14N2O. The van der Waals surface area contributed by atoms with Crippen LogP contribution in [0.15, 0.2) is 30.5 Å². The Balaban J connectivity index is 2.19. The topological polar surface area (TPSA) is 55.1 Å². The summed E-state index contributed by atoms with van der Waals surface area (Å²) in [5.41, 5.74) is 8.82. The van der Waals surface area contributed by atoms with Crippen LogP contribution >= 0.6 is 0 Å². The zero-order valence-corrected chi connectivity index (χ0v) is 8.49. The molecule has 3 N–H and O–H groups in total. The molecular weight excluding hydrogens is 188 g/mol. The van der Waals surface area contributed by atoms with Gasteiger partial charge >= 0.3 is 0 Å². The summed E-state index contributed by atoms with van der Waals surface area (Å²) < 4.78 is 0. The van der Waals surface area contributed by atoms with E-state index in [0.29, 0.717) is 12.8 Å². The Kier molecular flexibility index (Phi) is 2.72. The summed E-state index contributed by atoms with van der Waals surface area (Å²) in [7, 11) is 0.